The van der Waals surface area contributed by atoms with Crippen LogP contribution in [-0.2, 0) is 4.79 Å². The fourth-order valence-corrected chi connectivity index (χ4v) is 1.59. The van der Waals surface area contributed by atoms with Gasteiger partial charge in [-0.3, -0.25) is 4.79 Å². The molecule has 1 N–H and O–H groups in total. The third-order valence-electron chi connectivity index (χ3n) is 2.49. The van der Waals surface area contributed by atoms with E-state index in [1.54, 1.807) is 0 Å². The van der Waals surface area contributed by atoms with Crippen LogP contribution in [0.3, 0.4) is 0 Å². The monoisotopic (exact) mass is 280 g/mol. The summed E-state index contributed by atoms with van der Waals surface area (Å²) >= 11 is 0. The van der Waals surface area contributed by atoms with Crippen molar-refractivity contribution in [2.45, 2.75) is 71.1 Å². The van der Waals surface area contributed by atoms with Crippen LogP contribution in [0.1, 0.15) is 71.1 Å². The van der Waals surface area contributed by atoms with Crippen molar-refractivity contribution < 1.29 is 9.90 Å². The van der Waals surface area contributed by atoms with Gasteiger partial charge < -0.3 is 5.11 Å². The average molecular weight is 281 g/mol. The molecule has 0 aromatic heterocycles. The minimum absolute atomic E-state index is 0. The van der Waals surface area contributed by atoms with Gasteiger partial charge >= 0.3 is 109 Å². The van der Waals surface area contributed by atoms with E-state index in [4.69, 9.17) is 5.11 Å². The summed E-state index contributed by atoms with van der Waals surface area (Å²) in [7, 11) is 0. The molecule has 0 radical (unpaired) electrons. The maximum atomic E-state index is 10.2. The van der Waals surface area contributed by atoms with E-state index in [9.17, 15) is 4.79 Å². The number of aliphatic carboxylic acids is 1. The van der Waals surface area contributed by atoms with Crippen molar-refractivity contribution in [1.82, 2.24) is 0 Å². The Labute approximate surface area is 186 Å². The number of hydrogen-bond acceptors (Lipinski definition) is 1. The summed E-state index contributed by atoms with van der Waals surface area (Å²) in [6.07, 6.45) is 11.5. The molecule has 88 valence electrons. The van der Waals surface area contributed by atoms with Gasteiger partial charge in [0.15, 0.2) is 0 Å². The second-order valence-electron chi connectivity index (χ2n) is 3.97. The summed E-state index contributed by atoms with van der Waals surface area (Å²) in [4.78, 5) is 10.2. The molecule has 16 heavy (non-hydrogen) atoms. The molecule has 4 heteroatoms. The van der Waals surface area contributed by atoms with Crippen LogP contribution in [0.15, 0.2) is 0 Å². The van der Waals surface area contributed by atoms with Gasteiger partial charge in [-0.1, -0.05) is 58.3 Å². The molecule has 0 amide bonds. The van der Waals surface area contributed by atoms with E-state index in [0.29, 0.717) is 6.42 Å². The average Bonchev–Trinajstić information content (AvgIpc) is 2.15. The molecular weight excluding hydrogens is 254 g/mol. The Bertz CT molecular complexity index is 141. The molecule has 0 bridgehead atoms. The van der Waals surface area contributed by atoms with E-state index in [2.05, 4.69) is 6.92 Å². The zero-order valence-corrected chi connectivity index (χ0v) is 9.43. The first-order chi connectivity index (χ1) is 6.77. The molecule has 0 rings (SSSR count). The van der Waals surface area contributed by atoms with Gasteiger partial charge in [-0.25, -0.2) is 0 Å². The van der Waals surface area contributed by atoms with Crippen LogP contribution in [-0.4, -0.2) is 114 Å². The van der Waals surface area contributed by atoms with E-state index >= 15 is 0 Å². The molecule has 0 aliphatic carbocycles. The van der Waals surface area contributed by atoms with E-state index in [-0.39, 0.29) is 103 Å². The molecule has 0 atom stereocenters. The summed E-state index contributed by atoms with van der Waals surface area (Å²) in [5, 5.41) is 8.41. The fraction of sp³-hybridized carbons (Fsp3) is 0.917. The van der Waals surface area contributed by atoms with Crippen molar-refractivity contribution in [2.75, 3.05) is 0 Å². The van der Waals surface area contributed by atoms with Gasteiger partial charge in [0.1, 0.15) is 0 Å². The molecule has 0 aromatic rings. The molecule has 0 unspecified atom stereocenters. The number of rotatable bonds is 10. The first-order valence-electron chi connectivity index (χ1n) is 5.99. The van der Waals surface area contributed by atoms with Crippen LogP contribution >= 0.6 is 0 Å². The van der Waals surface area contributed by atoms with Crippen molar-refractivity contribution >= 4 is 109 Å². The molecule has 0 saturated carbocycles. The third-order valence-corrected chi connectivity index (χ3v) is 2.49. The van der Waals surface area contributed by atoms with Crippen molar-refractivity contribution in [1.29, 1.82) is 0 Å². The first-order valence-corrected chi connectivity index (χ1v) is 5.99. The maximum absolute atomic E-state index is 10.2. The Morgan fingerprint density at radius 3 is 1.56 bits per heavy atom. The van der Waals surface area contributed by atoms with Crippen LogP contribution in [0.4, 0.5) is 0 Å². The Morgan fingerprint density at radius 1 is 0.812 bits per heavy atom. The predicted molar refractivity (Wildman–Crippen MR) is 73.8 cm³/mol. The first kappa shape index (κ1) is 23.8. The standard InChI is InChI=1S/C12H24O2.2K.2H/c1-2-3-4-5-6-7-8-9-10-11-12(13)14;;;;/h2-11H2,1H3,(H,13,14);;;;. The quantitative estimate of drug-likeness (QED) is 0.493. The number of hydrogen-bond donors (Lipinski definition) is 1. The van der Waals surface area contributed by atoms with Crippen molar-refractivity contribution in [2.24, 2.45) is 0 Å². The summed E-state index contributed by atoms with van der Waals surface area (Å²) in [6.45, 7) is 2.23. The van der Waals surface area contributed by atoms with Gasteiger partial charge in [0.05, 0.1) is 0 Å². The van der Waals surface area contributed by atoms with E-state index in [0.717, 1.165) is 12.8 Å². The second kappa shape index (κ2) is 20.1. The van der Waals surface area contributed by atoms with Gasteiger partial charge in [-0.05, 0) is 6.42 Å². The van der Waals surface area contributed by atoms with Crippen LogP contribution in [0.25, 0.3) is 0 Å². The molecule has 0 aliphatic heterocycles. The molecule has 2 nitrogen and oxygen atoms in total. The zero-order valence-electron chi connectivity index (χ0n) is 9.43. The van der Waals surface area contributed by atoms with Crippen LogP contribution in [0, 0.1) is 0 Å². The number of carboxylic acids is 1. The molecule has 0 saturated heterocycles. The topological polar surface area (TPSA) is 37.3 Å². The summed E-state index contributed by atoms with van der Waals surface area (Å²) < 4.78 is 0. The molecule has 0 aliphatic rings. The molecule has 0 spiro atoms. The molecule has 0 heterocycles. The second-order valence-corrected chi connectivity index (χ2v) is 3.97. The van der Waals surface area contributed by atoms with E-state index < -0.39 is 5.97 Å². The summed E-state index contributed by atoms with van der Waals surface area (Å²) in [5.74, 6) is -0.659. The summed E-state index contributed by atoms with van der Waals surface area (Å²) in [6, 6.07) is 0. The van der Waals surface area contributed by atoms with Gasteiger partial charge in [0.2, 0.25) is 0 Å². The predicted octanol–water partition coefficient (Wildman–Crippen LogP) is 2.69. The van der Waals surface area contributed by atoms with Crippen LogP contribution in [0.2, 0.25) is 0 Å². The van der Waals surface area contributed by atoms with Crippen LogP contribution < -0.4 is 0 Å². The molecule has 0 fully saturated rings. The Hall–Kier alpha value is 2.74. The van der Waals surface area contributed by atoms with Gasteiger partial charge in [0, 0.05) is 6.42 Å². The Morgan fingerprint density at radius 2 is 1.19 bits per heavy atom. The minimum atomic E-state index is -0.659. The SMILES string of the molecule is CCCCCCCCCCCC(=O)O.[KH].[KH]. The van der Waals surface area contributed by atoms with Gasteiger partial charge in [-0.2, -0.15) is 0 Å². The van der Waals surface area contributed by atoms with Gasteiger partial charge in [0.25, 0.3) is 0 Å². The van der Waals surface area contributed by atoms with Crippen LogP contribution in [0.5, 0.6) is 0 Å². The summed E-state index contributed by atoms with van der Waals surface area (Å²) in [5.41, 5.74) is 0. The zero-order chi connectivity index (χ0) is 10.6. The normalized spacial score (nSPS) is 9.06. The van der Waals surface area contributed by atoms with E-state index in [1.807, 2.05) is 0 Å². The number of unbranched alkanes of at least 4 members (excludes halogenated alkanes) is 8. The van der Waals surface area contributed by atoms with Gasteiger partial charge in [-0.15, -0.1) is 0 Å². The Balaban J connectivity index is -0.000000845. The number of carboxylic acid groups (broad SMARTS) is 1. The van der Waals surface area contributed by atoms with Crippen molar-refractivity contribution in [3.63, 3.8) is 0 Å². The number of carbonyl (C=O) groups is 1. The van der Waals surface area contributed by atoms with E-state index in [1.165, 1.54) is 44.9 Å². The molecular formula is C12H26K2O2. The van der Waals surface area contributed by atoms with Crippen molar-refractivity contribution in [3.8, 4) is 0 Å². The Kier molecular flexibility index (Phi) is 29.9. The fourth-order valence-electron chi connectivity index (χ4n) is 1.59. The van der Waals surface area contributed by atoms with Crippen molar-refractivity contribution in [3.05, 3.63) is 0 Å². The molecule has 0 aromatic carbocycles. The third kappa shape index (κ3) is 22.0.